The summed E-state index contributed by atoms with van der Waals surface area (Å²) in [5.74, 6) is 1.42. The van der Waals surface area contributed by atoms with Crippen LogP contribution in [0.25, 0.3) is 0 Å². The summed E-state index contributed by atoms with van der Waals surface area (Å²) in [5, 5.41) is -0.228. The van der Waals surface area contributed by atoms with Gasteiger partial charge in [-0.3, -0.25) is 4.79 Å². The number of allylic oxidation sites excluding steroid dienone is 2. The summed E-state index contributed by atoms with van der Waals surface area (Å²) >= 11 is 0. The molecule has 0 aromatic rings. The molecule has 0 aliphatic carbocycles. The minimum atomic E-state index is -2.49. The van der Waals surface area contributed by atoms with E-state index in [9.17, 15) is 4.79 Å². The standard InChI is InChI=1S/C61H108O9Si3/c1-23-38(2)32-52-43(7)48-36-44(62)35-47-28-31-50-55(65-47)57(69-72(19,20)60(11,12)13)58(70-73(21,22)61(14,15)16)56(67-50)51(68-71(17,18)59(8,9)10)29-25-39(3)24-26-45-34-41(5)49(63-45)30-27-46-33-40(4)42(6)53(64-46)37-54(48)66-52/h25,29,38,40,43,45-58H,3,5-6,23-24,26-28,30-37H2,1-2,4,7-22H3/b29-25+/t38-,40-,43-,45?,46?,47-,48?,49+,50+,51+,52-,53-,54?,55+,56+,57+,58-/m1/s1. The van der Waals surface area contributed by atoms with Crippen LogP contribution in [-0.4, -0.2) is 110 Å². The molecule has 0 spiro atoms. The van der Waals surface area contributed by atoms with Crippen molar-refractivity contribution in [3.8, 4) is 0 Å². The molecular formula is C61H108O9Si3. The monoisotopic (exact) mass is 1070 g/mol. The molecule has 9 nitrogen and oxygen atoms in total. The van der Waals surface area contributed by atoms with Crippen LogP contribution in [0.2, 0.25) is 54.4 Å². The Morgan fingerprint density at radius 3 is 1.81 bits per heavy atom. The molecule has 12 heteroatoms. The lowest BCUT2D eigenvalue weighted by atomic mass is 9.78. The Labute approximate surface area is 449 Å². The SMILES string of the molecule is C=C1/C=C/[C@H](O[Si](C)(C)C(C)(C)C)[C@@H]2O[C@H]3CC[C@H](CC(=O)CC4C(C[C@H]5OC(CC[C@@H]6OC(CC1)CC6=C)C[C@@H](C)C5=C)O[C@H](C[C@H](C)CC)[C@@H]4C)O[C@@H]3[C@H](O[Si](C)(C)C(C)(C)C)[C@@H]2O[Si](C)(C)C(C)(C)C. The van der Waals surface area contributed by atoms with Crippen LogP contribution in [0.1, 0.15) is 173 Å². The van der Waals surface area contributed by atoms with Crippen LogP contribution < -0.4 is 0 Å². The molecule has 0 radical (unpaired) electrons. The Bertz CT molecular complexity index is 1940. The molecule has 0 aromatic heterocycles. The lowest BCUT2D eigenvalue weighted by molar-refractivity contribution is -0.266. The molecule has 8 rings (SSSR count). The first-order valence-corrected chi connectivity index (χ1v) is 37.9. The first-order valence-electron chi connectivity index (χ1n) is 29.2. The molecule has 0 saturated carbocycles. The molecule has 73 heavy (non-hydrogen) atoms. The van der Waals surface area contributed by atoms with Crippen molar-refractivity contribution in [3.63, 3.8) is 0 Å². The van der Waals surface area contributed by atoms with Crippen molar-refractivity contribution in [2.24, 2.45) is 23.7 Å². The zero-order valence-corrected chi connectivity index (χ0v) is 53.0. The maximum absolute atomic E-state index is 14.8. The van der Waals surface area contributed by atoms with Crippen molar-refractivity contribution in [2.45, 2.75) is 307 Å². The van der Waals surface area contributed by atoms with Gasteiger partial charge in [0.15, 0.2) is 25.0 Å². The van der Waals surface area contributed by atoms with E-state index in [1.54, 1.807) is 0 Å². The number of carbonyl (C=O) groups excluding carboxylic acids is 1. The van der Waals surface area contributed by atoms with Gasteiger partial charge in [-0.15, -0.1) is 0 Å². The maximum atomic E-state index is 14.8. The highest BCUT2D eigenvalue weighted by atomic mass is 28.4. The lowest BCUT2D eigenvalue weighted by Crippen LogP contribution is -2.69. The largest absolute Gasteiger partial charge is 0.408 e. The molecule has 4 unspecified atom stereocenters. The summed E-state index contributed by atoms with van der Waals surface area (Å²) in [6.45, 7) is 57.7. The average Bonchev–Trinajstić information content (AvgIpc) is 3.77. The van der Waals surface area contributed by atoms with Crippen LogP contribution in [0.3, 0.4) is 0 Å². The fourth-order valence-electron chi connectivity index (χ4n) is 11.6. The fraction of sp³-hybridized carbons (Fsp3) is 0.852. The van der Waals surface area contributed by atoms with Crippen molar-refractivity contribution >= 4 is 30.7 Å². The Kier molecular flexibility index (Phi) is 19.9. The van der Waals surface area contributed by atoms with Gasteiger partial charge in [-0.05, 0) is 147 Å². The number of hydrogen-bond acceptors (Lipinski definition) is 9. The zero-order chi connectivity index (χ0) is 54.4. The number of fused-ring (bicyclic) bond motifs is 2. The van der Waals surface area contributed by atoms with Crippen LogP contribution in [0.15, 0.2) is 48.6 Å². The Balaban J connectivity index is 1.42. The van der Waals surface area contributed by atoms with Crippen LogP contribution >= 0.6 is 0 Å². The summed E-state index contributed by atoms with van der Waals surface area (Å²) < 4.78 is 58.9. The van der Waals surface area contributed by atoms with Gasteiger partial charge in [-0.1, -0.05) is 134 Å². The third-order valence-electron chi connectivity index (χ3n) is 20.0. The van der Waals surface area contributed by atoms with E-state index in [2.05, 4.69) is 161 Å². The van der Waals surface area contributed by atoms with Crippen LogP contribution in [0.4, 0.5) is 0 Å². The minimum absolute atomic E-state index is 0.0128. The molecule has 0 amide bonds. The van der Waals surface area contributed by atoms with Crippen molar-refractivity contribution in [3.05, 3.63) is 48.6 Å². The van der Waals surface area contributed by atoms with Gasteiger partial charge in [0, 0.05) is 19.3 Å². The van der Waals surface area contributed by atoms with Gasteiger partial charge in [-0.25, -0.2) is 0 Å². The summed E-state index contributed by atoms with van der Waals surface area (Å²) in [6.07, 6.45) is 12.1. The van der Waals surface area contributed by atoms with Crippen LogP contribution in [-0.2, 0) is 41.8 Å². The topological polar surface area (TPSA) is 90.9 Å². The summed E-state index contributed by atoms with van der Waals surface area (Å²) in [5.41, 5.74) is 3.36. The second kappa shape index (κ2) is 23.7. The smallest absolute Gasteiger partial charge is 0.193 e. The summed E-state index contributed by atoms with van der Waals surface area (Å²) in [7, 11) is -7.35. The van der Waals surface area contributed by atoms with Crippen LogP contribution in [0, 0.1) is 23.7 Å². The first kappa shape index (κ1) is 61.2. The minimum Gasteiger partial charge on any atom is -0.408 e. The van der Waals surface area contributed by atoms with E-state index < -0.39 is 55.5 Å². The van der Waals surface area contributed by atoms with Crippen molar-refractivity contribution in [1.82, 2.24) is 0 Å². The van der Waals surface area contributed by atoms with Crippen LogP contribution in [0.5, 0.6) is 0 Å². The highest BCUT2D eigenvalue weighted by Gasteiger charge is 2.58. The summed E-state index contributed by atoms with van der Waals surface area (Å²) in [4.78, 5) is 14.8. The van der Waals surface area contributed by atoms with E-state index in [0.29, 0.717) is 24.7 Å². The maximum Gasteiger partial charge on any atom is 0.193 e. The molecule has 8 aliphatic rings. The number of Topliss-reactive ketones (excluding diaryl/α,β-unsaturated/α-hetero) is 1. The van der Waals surface area contributed by atoms with Crippen molar-refractivity contribution < 1.29 is 41.8 Å². The van der Waals surface area contributed by atoms with E-state index in [-0.39, 0.29) is 81.6 Å². The molecule has 8 bridgehead atoms. The third kappa shape index (κ3) is 14.8. The van der Waals surface area contributed by atoms with Gasteiger partial charge in [0.2, 0.25) is 0 Å². The van der Waals surface area contributed by atoms with E-state index in [1.807, 2.05) is 0 Å². The molecule has 5 fully saturated rings. The first-order chi connectivity index (χ1) is 33.6. The van der Waals surface area contributed by atoms with Crippen molar-refractivity contribution in [2.75, 3.05) is 0 Å². The Hall–Kier alpha value is -1.04. The predicted molar refractivity (Wildman–Crippen MR) is 308 cm³/mol. The number of ketones is 1. The normalized spacial score (nSPS) is 38.2. The van der Waals surface area contributed by atoms with Gasteiger partial charge in [0.05, 0.1) is 54.9 Å². The highest BCUT2D eigenvalue weighted by molar-refractivity contribution is 6.75. The predicted octanol–water partition coefficient (Wildman–Crippen LogP) is 15.4. The second-order valence-corrected chi connectivity index (χ2v) is 43.1. The number of hydrogen-bond donors (Lipinski definition) is 0. The van der Waals surface area contributed by atoms with E-state index in [4.69, 9.17) is 37.0 Å². The Morgan fingerprint density at radius 1 is 0.644 bits per heavy atom. The zero-order valence-electron chi connectivity index (χ0n) is 50.0. The van der Waals surface area contributed by atoms with E-state index in [1.165, 1.54) is 5.57 Å². The molecule has 0 N–H and O–H groups in total. The number of carbonyl (C=O) groups is 1. The van der Waals surface area contributed by atoms with Gasteiger partial charge in [-0.2, -0.15) is 0 Å². The molecule has 8 heterocycles. The van der Waals surface area contributed by atoms with Crippen molar-refractivity contribution in [1.29, 1.82) is 0 Å². The fourth-order valence-corrected chi connectivity index (χ4v) is 15.4. The second-order valence-electron chi connectivity index (χ2n) is 28.8. The van der Waals surface area contributed by atoms with E-state index >= 15 is 0 Å². The third-order valence-corrected chi connectivity index (χ3v) is 33.4. The molecule has 5 saturated heterocycles. The molecule has 8 aliphatic heterocycles. The number of ether oxygens (including phenoxy) is 5. The number of rotatable bonds is 9. The molecule has 0 aromatic carbocycles. The quantitative estimate of drug-likeness (QED) is 0.165. The lowest BCUT2D eigenvalue weighted by Gasteiger charge is -2.56. The van der Waals surface area contributed by atoms with Gasteiger partial charge >= 0.3 is 0 Å². The molecule has 17 atom stereocenters. The summed E-state index contributed by atoms with van der Waals surface area (Å²) in [6, 6.07) is 0. The molecular weight excluding hydrogens is 961 g/mol. The highest BCUT2D eigenvalue weighted by Crippen LogP contribution is 2.49. The Morgan fingerprint density at radius 2 is 1.21 bits per heavy atom. The molecule has 418 valence electrons. The van der Waals surface area contributed by atoms with Gasteiger partial charge < -0.3 is 37.0 Å². The van der Waals surface area contributed by atoms with Gasteiger partial charge in [0.1, 0.15) is 30.2 Å². The van der Waals surface area contributed by atoms with E-state index in [0.717, 1.165) is 81.8 Å². The average molecular weight is 1070 g/mol. The van der Waals surface area contributed by atoms with Gasteiger partial charge in [0.25, 0.3) is 0 Å².